The lowest BCUT2D eigenvalue weighted by molar-refractivity contribution is -0.117. The second-order valence-corrected chi connectivity index (χ2v) is 11.6. The first-order chi connectivity index (χ1) is 18.9. The molecule has 0 radical (unpaired) electrons. The molecule has 4 aromatic carbocycles. The quantitative estimate of drug-likeness (QED) is 0.218. The number of hydrogen-bond donors (Lipinski definition) is 1. The fourth-order valence-corrected chi connectivity index (χ4v) is 6.19. The summed E-state index contributed by atoms with van der Waals surface area (Å²) in [6.07, 6.45) is 2.11. The van der Waals surface area contributed by atoms with Gasteiger partial charge in [0.2, 0.25) is 5.91 Å². The summed E-state index contributed by atoms with van der Waals surface area (Å²) in [5.41, 5.74) is 8.37. The molecule has 0 spiro atoms. The molecule has 1 aromatic heterocycles. The summed E-state index contributed by atoms with van der Waals surface area (Å²) in [5.74, 6) is 0.534. The van der Waals surface area contributed by atoms with E-state index in [1.54, 1.807) is 11.3 Å². The second-order valence-electron chi connectivity index (χ2n) is 9.91. The van der Waals surface area contributed by atoms with Crippen LogP contribution in [-0.4, -0.2) is 17.5 Å². The van der Waals surface area contributed by atoms with Crippen molar-refractivity contribution in [2.75, 3.05) is 5.32 Å². The molecule has 0 saturated heterocycles. The van der Waals surface area contributed by atoms with Crippen LogP contribution in [0, 0.1) is 0 Å². The summed E-state index contributed by atoms with van der Waals surface area (Å²) in [7, 11) is 0. The maximum atomic E-state index is 12.3. The Kier molecular flexibility index (Phi) is 6.98. The van der Waals surface area contributed by atoms with Crippen molar-refractivity contribution in [3.63, 3.8) is 0 Å². The number of rotatable bonds is 4. The van der Waals surface area contributed by atoms with E-state index in [1.165, 1.54) is 11.1 Å². The molecule has 2 aliphatic rings. The van der Waals surface area contributed by atoms with E-state index in [0.29, 0.717) is 31.5 Å². The molecule has 1 aliphatic carbocycles. The van der Waals surface area contributed by atoms with E-state index < -0.39 is 0 Å². The minimum Gasteiger partial charge on any atom is -0.326 e. The van der Waals surface area contributed by atoms with Crippen LogP contribution in [-0.2, 0) is 35.3 Å². The molecule has 0 atom stereocenters. The van der Waals surface area contributed by atoms with Gasteiger partial charge in [-0.2, -0.15) is 11.3 Å². The van der Waals surface area contributed by atoms with Crippen molar-refractivity contribution in [1.82, 2.24) is 0 Å². The minimum atomic E-state index is 0.0511. The van der Waals surface area contributed by atoms with Gasteiger partial charge in [-0.25, -0.2) is 0 Å². The normalized spacial score (nSPS) is 13.5. The Balaban J connectivity index is 0.000000210. The van der Waals surface area contributed by atoms with Gasteiger partial charge in [0.05, 0.1) is 6.42 Å². The summed E-state index contributed by atoms with van der Waals surface area (Å²) < 4.78 is 1.06. The molecule has 192 valence electrons. The van der Waals surface area contributed by atoms with Crippen molar-refractivity contribution in [3.8, 4) is 11.1 Å². The molecule has 0 bridgehead atoms. The first kappa shape index (κ1) is 25.4. The van der Waals surface area contributed by atoms with E-state index in [9.17, 15) is 14.4 Å². The monoisotopic (exact) mass is 593 g/mol. The van der Waals surface area contributed by atoms with Crippen LogP contribution in [0.1, 0.15) is 32.6 Å². The number of thiophene rings is 1. The van der Waals surface area contributed by atoms with E-state index in [2.05, 4.69) is 57.6 Å². The molecule has 5 aromatic rings. The van der Waals surface area contributed by atoms with Gasteiger partial charge in [0.1, 0.15) is 5.78 Å². The van der Waals surface area contributed by atoms with Gasteiger partial charge in [-0.05, 0) is 85.9 Å². The number of fused-ring (bicyclic) bond motifs is 3. The number of halogens is 1. The Labute approximate surface area is 238 Å². The highest BCUT2D eigenvalue weighted by Crippen LogP contribution is 2.31. The summed E-state index contributed by atoms with van der Waals surface area (Å²) >= 11 is 4.92. The van der Waals surface area contributed by atoms with Gasteiger partial charge in [0.25, 0.3) is 0 Å². The molecule has 39 heavy (non-hydrogen) atoms. The molecule has 1 N–H and O–H groups in total. The molecule has 0 saturated carbocycles. The van der Waals surface area contributed by atoms with Crippen LogP contribution in [0.25, 0.3) is 21.9 Å². The number of nitrogens with one attached hydrogen (secondary N) is 1. The fourth-order valence-electron chi connectivity index (χ4n) is 5.12. The first-order valence-electron chi connectivity index (χ1n) is 12.7. The van der Waals surface area contributed by atoms with Crippen molar-refractivity contribution >= 4 is 61.2 Å². The maximum Gasteiger partial charge on any atom is 0.228 e. The van der Waals surface area contributed by atoms with E-state index in [-0.39, 0.29) is 11.7 Å². The number of ketones is 2. The lowest BCUT2D eigenvalue weighted by atomic mass is 9.97. The Morgan fingerprint density at radius 2 is 1.54 bits per heavy atom. The van der Waals surface area contributed by atoms with E-state index >= 15 is 0 Å². The Morgan fingerprint density at radius 1 is 0.769 bits per heavy atom. The third kappa shape index (κ3) is 5.63. The van der Waals surface area contributed by atoms with Crippen molar-refractivity contribution < 1.29 is 14.4 Å². The molecule has 2 heterocycles. The van der Waals surface area contributed by atoms with Crippen LogP contribution in [0.15, 0.2) is 94.1 Å². The molecule has 6 heteroatoms. The zero-order valence-corrected chi connectivity index (χ0v) is 23.4. The van der Waals surface area contributed by atoms with Gasteiger partial charge < -0.3 is 5.32 Å². The highest BCUT2D eigenvalue weighted by molar-refractivity contribution is 9.10. The Morgan fingerprint density at radius 3 is 2.38 bits per heavy atom. The largest absolute Gasteiger partial charge is 0.326 e. The van der Waals surface area contributed by atoms with Gasteiger partial charge in [-0.1, -0.05) is 58.4 Å². The van der Waals surface area contributed by atoms with E-state index in [1.807, 2.05) is 53.2 Å². The van der Waals surface area contributed by atoms with Crippen LogP contribution in [0.4, 0.5) is 5.69 Å². The third-order valence-corrected chi connectivity index (χ3v) is 8.30. The highest BCUT2D eigenvalue weighted by atomic mass is 79.9. The minimum absolute atomic E-state index is 0.0511. The second kappa shape index (κ2) is 10.7. The summed E-state index contributed by atoms with van der Waals surface area (Å²) in [5, 5.41) is 8.96. The summed E-state index contributed by atoms with van der Waals surface area (Å²) in [4.78, 5) is 34.9. The Bertz CT molecular complexity index is 1760. The number of benzene rings is 4. The number of carbonyl (C=O) groups excluding carboxylic acids is 3. The molecule has 0 fully saturated rings. The van der Waals surface area contributed by atoms with Gasteiger partial charge in [0, 0.05) is 40.4 Å². The Hall–Kier alpha value is -3.87. The lowest BCUT2D eigenvalue weighted by Gasteiger charge is -2.08. The highest BCUT2D eigenvalue weighted by Gasteiger charge is 2.18. The third-order valence-electron chi connectivity index (χ3n) is 7.12. The van der Waals surface area contributed by atoms with Crippen molar-refractivity contribution in [1.29, 1.82) is 0 Å². The lowest BCUT2D eigenvalue weighted by Crippen LogP contribution is -2.03. The molecule has 1 amide bonds. The number of anilines is 1. The standard InChI is InChI=1S/C24H17NO2S.C9H7BrO/c26-23(20-7-8-28-14-20)10-15-1-2-17-11-18(4-3-16(17)9-15)19-5-6-22-21(12-19)13-24(27)25-22;10-8-2-1-6-4-9(11)5-7(6)3-8/h1-9,11-12,14H,10,13H2,(H,25,27);1-3H,4-5H2. The molecule has 1 aliphatic heterocycles. The first-order valence-corrected chi connectivity index (χ1v) is 14.4. The van der Waals surface area contributed by atoms with Gasteiger partial charge in [0.15, 0.2) is 5.78 Å². The smallest absolute Gasteiger partial charge is 0.228 e. The summed E-state index contributed by atoms with van der Waals surface area (Å²) in [6.45, 7) is 0. The topological polar surface area (TPSA) is 63.2 Å². The van der Waals surface area contributed by atoms with Crippen LogP contribution in [0.3, 0.4) is 0 Å². The SMILES string of the molecule is O=C1Cc2cc(-c3ccc4cc(CC(=O)c5ccsc5)ccc4c3)ccc2N1.O=C1Cc2ccc(Br)cc2C1. The summed E-state index contributed by atoms with van der Waals surface area (Å²) in [6, 6.07) is 26.6. The van der Waals surface area contributed by atoms with Crippen LogP contribution >= 0.6 is 27.3 Å². The molecular weight excluding hydrogens is 570 g/mol. The zero-order valence-electron chi connectivity index (χ0n) is 21.0. The number of carbonyl (C=O) groups is 3. The van der Waals surface area contributed by atoms with Crippen LogP contribution in [0.2, 0.25) is 0 Å². The van der Waals surface area contributed by atoms with Crippen molar-refractivity contribution in [2.24, 2.45) is 0 Å². The van der Waals surface area contributed by atoms with Crippen molar-refractivity contribution in [3.05, 3.63) is 122 Å². The van der Waals surface area contributed by atoms with Crippen molar-refractivity contribution in [2.45, 2.75) is 25.7 Å². The van der Waals surface area contributed by atoms with E-state index in [0.717, 1.165) is 48.7 Å². The fraction of sp³-hybridized carbons (Fsp3) is 0.121. The predicted octanol–water partition coefficient (Wildman–Crippen LogP) is 7.61. The molecule has 7 rings (SSSR count). The predicted molar refractivity (Wildman–Crippen MR) is 161 cm³/mol. The number of Topliss-reactive ketones (excluding diaryl/α,β-unsaturated/α-hetero) is 2. The average Bonchev–Trinajstić information content (AvgIpc) is 3.67. The maximum absolute atomic E-state index is 12.3. The number of amides is 1. The molecule has 0 unspecified atom stereocenters. The average molecular weight is 595 g/mol. The van der Waals surface area contributed by atoms with Gasteiger partial charge >= 0.3 is 0 Å². The van der Waals surface area contributed by atoms with Gasteiger partial charge in [-0.15, -0.1) is 0 Å². The van der Waals surface area contributed by atoms with Crippen LogP contribution in [0.5, 0.6) is 0 Å². The van der Waals surface area contributed by atoms with Crippen LogP contribution < -0.4 is 5.32 Å². The molecule has 4 nitrogen and oxygen atoms in total. The van der Waals surface area contributed by atoms with E-state index in [4.69, 9.17) is 0 Å². The molecular formula is C33H24BrNO3S. The van der Waals surface area contributed by atoms with Gasteiger partial charge in [-0.3, -0.25) is 14.4 Å². The number of hydrogen-bond acceptors (Lipinski definition) is 4. The zero-order chi connectivity index (χ0) is 26.9.